The third-order valence-electron chi connectivity index (χ3n) is 4.09. The molecule has 0 N–H and O–H groups in total. The fourth-order valence-corrected chi connectivity index (χ4v) is 2.72. The van der Waals surface area contributed by atoms with Gasteiger partial charge in [0.05, 0.1) is 0 Å². The van der Waals surface area contributed by atoms with Gasteiger partial charge in [-0.25, -0.2) is 0 Å². The number of carbonyl (C=O) groups excluding carboxylic acids is 1. The molecule has 0 aliphatic heterocycles. The van der Waals surface area contributed by atoms with Crippen LogP contribution in [0.2, 0.25) is 0 Å². The molecule has 0 aromatic heterocycles. The van der Waals surface area contributed by atoms with Crippen LogP contribution in [0.5, 0.6) is 0 Å². The molecule has 0 heterocycles. The van der Waals surface area contributed by atoms with Crippen LogP contribution in [0, 0.1) is 11.8 Å². The van der Waals surface area contributed by atoms with Crippen LogP contribution < -0.4 is 0 Å². The highest BCUT2D eigenvalue weighted by molar-refractivity contribution is 5.69. The summed E-state index contributed by atoms with van der Waals surface area (Å²) in [6.45, 7) is 0.470. The first kappa shape index (κ1) is 13.6. The van der Waals surface area contributed by atoms with Gasteiger partial charge in [-0.1, -0.05) is 50.7 Å². The van der Waals surface area contributed by atoms with Crippen molar-refractivity contribution in [3.8, 4) is 0 Å². The number of hydrogen-bond acceptors (Lipinski definition) is 2. The molecule has 0 unspecified atom stereocenters. The van der Waals surface area contributed by atoms with E-state index in [-0.39, 0.29) is 5.97 Å². The summed E-state index contributed by atoms with van der Waals surface area (Å²) in [5.41, 5.74) is 0. The molecular formula is C16H26O2. The molecule has 102 valence electrons. The lowest BCUT2D eigenvalue weighted by atomic mass is 10.1. The minimum atomic E-state index is -0.0260. The van der Waals surface area contributed by atoms with E-state index in [9.17, 15) is 4.79 Å². The van der Waals surface area contributed by atoms with Gasteiger partial charge in [0.1, 0.15) is 6.61 Å². The normalized spacial score (nSPS) is 20.7. The number of rotatable bonds is 8. The molecule has 0 amide bonds. The van der Waals surface area contributed by atoms with Crippen molar-refractivity contribution in [2.45, 2.75) is 64.2 Å². The Balaban J connectivity index is 1.43. The van der Waals surface area contributed by atoms with Crippen LogP contribution in [-0.4, -0.2) is 12.6 Å². The van der Waals surface area contributed by atoms with Crippen molar-refractivity contribution >= 4 is 5.97 Å². The first-order chi connectivity index (χ1) is 8.84. The van der Waals surface area contributed by atoms with Crippen molar-refractivity contribution in [2.75, 3.05) is 6.61 Å². The molecule has 0 saturated heterocycles. The third-order valence-corrected chi connectivity index (χ3v) is 4.09. The molecule has 0 spiro atoms. The summed E-state index contributed by atoms with van der Waals surface area (Å²) in [5, 5.41) is 0. The molecule has 0 atom stereocenters. The van der Waals surface area contributed by atoms with Gasteiger partial charge < -0.3 is 4.74 Å². The first-order valence-electron chi connectivity index (χ1n) is 7.67. The van der Waals surface area contributed by atoms with Crippen LogP contribution in [0.3, 0.4) is 0 Å². The predicted octanol–water partition coefficient (Wildman–Crippen LogP) is 4.25. The van der Waals surface area contributed by atoms with Gasteiger partial charge in [0.2, 0.25) is 0 Å². The topological polar surface area (TPSA) is 26.3 Å². The van der Waals surface area contributed by atoms with E-state index in [1.807, 2.05) is 6.08 Å². The maximum absolute atomic E-state index is 11.4. The lowest BCUT2D eigenvalue weighted by Crippen LogP contribution is -2.04. The second kappa shape index (κ2) is 7.60. The van der Waals surface area contributed by atoms with Gasteiger partial charge in [0.25, 0.3) is 0 Å². The zero-order chi connectivity index (χ0) is 12.6. The number of allylic oxidation sites excluding steroid dienone is 1. The molecule has 0 bridgehead atoms. The molecule has 2 rings (SSSR count). The van der Waals surface area contributed by atoms with Crippen molar-refractivity contribution in [1.29, 1.82) is 0 Å². The van der Waals surface area contributed by atoms with Crippen LogP contribution in [0.4, 0.5) is 0 Å². The number of unbranched alkanes of at least 4 members (excludes halogenated alkanes) is 1. The van der Waals surface area contributed by atoms with Crippen LogP contribution in [0.15, 0.2) is 12.2 Å². The Hall–Kier alpha value is -0.790. The average Bonchev–Trinajstić information content (AvgIpc) is 3.05. The molecule has 2 nitrogen and oxygen atoms in total. The Labute approximate surface area is 111 Å². The van der Waals surface area contributed by atoms with Gasteiger partial charge in [-0.2, -0.15) is 0 Å². The molecular weight excluding hydrogens is 224 g/mol. The zero-order valence-corrected chi connectivity index (χ0v) is 11.4. The van der Waals surface area contributed by atoms with Gasteiger partial charge in [-0.05, 0) is 31.1 Å². The Morgan fingerprint density at radius 3 is 2.61 bits per heavy atom. The average molecular weight is 250 g/mol. The maximum atomic E-state index is 11.4. The quantitative estimate of drug-likeness (QED) is 0.366. The number of carbonyl (C=O) groups is 1. The van der Waals surface area contributed by atoms with Crippen LogP contribution in [0.25, 0.3) is 0 Å². The highest BCUT2D eigenvalue weighted by atomic mass is 16.5. The fraction of sp³-hybridized carbons (Fsp3) is 0.812. The number of hydrogen-bond donors (Lipinski definition) is 0. The fourth-order valence-electron chi connectivity index (χ4n) is 2.72. The molecule has 2 aliphatic carbocycles. The largest absolute Gasteiger partial charge is 0.461 e. The van der Waals surface area contributed by atoms with Crippen LogP contribution in [0.1, 0.15) is 64.2 Å². The highest BCUT2D eigenvalue weighted by Crippen LogP contribution is 2.34. The van der Waals surface area contributed by atoms with E-state index in [0.717, 1.165) is 18.3 Å². The second-order valence-electron chi connectivity index (χ2n) is 5.84. The molecule has 2 aliphatic rings. The van der Waals surface area contributed by atoms with Crippen molar-refractivity contribution in [3.05, 3.63) is 12.2 Å². The SMILES string of the molecule is O=C(CCCCC1CC1)OC/C=C/C1CCCC1. The molecule has 2 heteroatoms. The zero-order valence-electron chi connectivity index (χ0n) is 11.4. The van der Waals surface area contributed by atoms with Gasteiger partial charge in [0.15, 0.2) is 0 Å². The van der Waals surface area contributed by atoms with Crippen LogP contribution in [-0.2, 0) is 9.53 Å². The molecule has 0 aromatic rings. The first-order valence-corrected chi connectivity index (χ1v) is 7.67. The molecule has 2 saturated carbocycles. The van der Waals surface area contributed by atoms with Gasteiger partial charge in [0, 0.05) is 6.42 Å². The lowest BCUT2D eigenvalue weighted by Gasteiger charge is -2.03. The standard InChI is InChI=1S/C16H26O2/c17-16(10-4-3-8-15-11-12-15)18-13-5-9-14-6-1-2-7-14/h5,9,14-15H,1-4,6-8,10-13H2/b9-5+. The summed E-state index contributed by atoms with van der Waals surface area (Å²) in [7, 11) is 0. The molecule has 2 fully saturated rings. The van der Waals surface area contributed by atoms with Crippen molar-refractivity contribution < 1.29 is 9.53 Å². The second-order valence-corrected chi connectivity index (χ2v) is 5.84. The number of ether oxygens (including phenoxy) is 1. The van der Waals surface area contributed by atoms with Crippen molar-refractivity contribution in [2.24, 2.45) is 11.8 Å². The summed E-state index contributed by atoms with van der Waals surface area (Å²) in [4.78, 5) is 11.4. The summed E-state index contributed by atoms with van der Waals surface area (Å²) < 4.78 is 5.20. The van der Waals surface area contributed by atoms with Crippen LogP contribution >= 0.6 is 0 Å². The Kier molecular flexibility index (Phi) is 5.76. The summed E-state index contributed by atoms with van der Waals surface area (Å²) in [6, 6.07) is 0. The van der Waals surface area contributed by atoms with Crippen molar-refractivity contribution in [3.63, 3.8) is 0 Å². The third kappa shape index (κ3) is 5.70. The predicted molar refractivity (Wildman–Crippen MR) is 73.2 cm³/mol. The van der Waals surface area contributed by atoms with E-state index in [0.29, 0.717) is 13.0 Å². The minimum absolute atomic E-state index is 0.0260. The molecule has 0 aromatic carbocycles. The van der Waals surface area contributed by atoms with Gasteiger partial charge in [-0.15, -0.1) is 0 Å². The lowest BCUT2D eigenvalue weighted by molar-refractivity contribution is -0.142. The Bertz CT molecular complexity index is 273. The monoisotopic (exact) mass is 250 g/mol. The van der Waals surface area contributed by atoms with E-state index in [1.54, 1.807) is 0 Å². The van der Waals surface area contributed by atoms with E-state index in [2.05, 4.69) is 6.08 Å². The highest BCUT2D eigenvalue weighted by Gasteiger charge is 2.20. The number of esters is 1. The Morgan fingerprint density at radius 1 is 1.11 bits per heavy atom. The van der Waals surface area contributed by atoms with Gasteiger partial charge >= 0.3 is 5.97 Å². The smallest absolute Gasteiger partial charge is 0.306 e. The Morgan fingerprint density at radius 2 is 1.89 bits per heavy atom. The van der Waals surface area contributed by atoms with E-state index >= 15 is 0 Å². The van der Waals surface area contributed by atoms with E-state index in [1.165, 1.54) is 51.4 Å². The maximum Gasteiger partial charge on any atom is 0.306 e. The molecule has 0 radical (unpaired) electrons. The minimum Gasteiger partial charge on any atom is -0.461 e. The van der Waals surface area contributed by atoms with E-state index in [4.69, 9.17) is 4.74 Å². The summed E-state index contributed by atoms with van der Waals surface area (Å²) in [5.74, 6) is 1.69. The van der Waals surface area contributed by atoms with E-state index < -0.39 is 0 Å². The van der Waals surface area contributed by atoms with Gasteiger partial charge in [-0.3, -0.25) is 4.79 Å². The summed E-state index contributed by atoms with van der Waals surface area (Å²) >= 11 is 0. The van der Waals surface area contributed by atoms with Crippen molar-refractivity contribution in [1.82, 2.24) is 0 Å². The molecule has 18 heavy (non-hydrogen) atoms. The summed E-state index contributed by atoms with van der Waals surface area (Å²) in [6.07, 6.45) is 16.5.